The molecule has 2 aliphatic rings. The Morgan fingerprint density at radius 2 is 2.10 bits per heavy atom. The molecular formula is C22H37IN4O3. The van der Waals surface area contributed by atoms with Gasteiger partial charge in [0.15, 0.2) is 5.96 Å². The fourth-order valence-corrected chi connectivity index (χ4v) is 3.69. The summed E-state index contributed by atoms with van der Waals surface area (Å²) >= 11 is 0. The molecule has 1 aliphatic carbocycles. The molecule has 1 saturated carbocycles. The molecular weight excluding hydrogens is 495 g/mol. The van der Waals surface area contributed by atoms with Crippen molar-refractivity contribution >= 4 is 29.9 Å². The summed E-state index contributed by atoms with van der Waals surface area (Å²) in [5.41, 5.74) is 1.02. The lowest BCUT2D eigenvalue weighted by Crippen LogP contribution is -2.38. The molecule has 0 amide bonds. The first-order chi connectivity index (χ1) is 14.3. The Balaban J connectivity index is 0.00000320. The molecule has 0 spiro atoms. The Labute approximate surface area is 197 Å². The third kappa shape index (κ3) is 8.93. The predicted molar refractivity (Wildman–Crippen MR) is 130 cm³/mol. The molecule has 1 unspecified atom stereocenters. The van der Waals surface area contributed by atoms with Gasteiger partial charge in [-0.3, -0.25) is 0 Å². The minimum absolute atomic E-state index is 0. The van der Waals surface area contributed by atoms with Gasteiger partial charge in [-0.2, -0.15) is 0 Å². The zero-order chi connectivity index (χ0) is 20.2. The van der Waals surface area contributed by atoms with E-state index in [2.05, 4.69) is 22.5 Å². The summed E-state index contributed by atoms with van der Waals surface area (Å²) in [6, 6.07) is 3.99. The van der Waals surface area contributed by atoms with E-state index in [4.69, 9.17) is 19.2 Å². The minimum atomic E-state index is 0. The van der Waals surface area contributed by atoms with Crippen LogP contribution in [-0.4, -0.2) is 56.1 Å². The Hall–Kier alpha value is -1.13. The Morgan fingerprint density at radius 3 is 2.87 bits per heavy atom. The number of pyridine rings is 1. The lowest BCUT2D eigenvalue weighted by atomic mass is 10.2. The second-order valence-electron chi connectivity index (χ2n) is 7.68. The van der Waals surface area contributed by atoms with Gasteiger partial charge in [0, 0.05) is 38.1 Å². The lowest BCUT2D eigenvalue weighted by molar-refractivity contribution is 0.0168. The van der Waals surface area contributed by atoms with E-state index in [0.29, 0.717) is 25.4 Å². The first-order valence-electron chi connectivity index (χ1n) is 11.2. The second kappa shape index (κ2) is 14.8. The fourth-order valence-electron chi connectivity index (χ4n) is 3.69. The van der Waals surface area contributed by atoms with E-state index in [1.54, 1.807) is 6.20 Å². The van der Waals surface area contributed by atoms with E-state index in [9.17, 15) is 0 Å². The normalized spacial score (nSPS) is 19.5. The number of guanidine groups is 1. The first-order valence-corrected chi connectivity index (χ1v) is 11.2. The van der Waals surface area contributed by atoms with Crippen LogP contribution in [0.4, 0.5) is 0 Å². The van der Waals surface area contributed by atoms with Crippen LogP contribution in [-0.2, 0) is 16.0 Å². The van der Waals surface area contributed by atoms with Crippen LogP contribution in [0.3, 0.4) is 0 Å². The molecule has 1 atom stereocenters. The molecule has 1 aliphatic heterocycles. The van der Waals surface area contributed by atoms with Gasteiger partial charge in [0.25, 0.3) is 0 Å². The van der Waals surface area contributed by atoms with E-state index in [-0.39, 0.29) is 24.0 Å². The highest BCUT2D eigenvalue weighted by Gasteiger charge is 2.18. The maximum Gasteiger partial charge on any atom is 0.218 e. The number of ether oxygens (including phenoxy) is 3. The highest BCUT2D eigenvalue weighted by Crippen LogP contribution is 2.25. The van der Waals surface area contributed by atoms with Gasteiger partial charge < -0.3 is 24.8 Å². The van der Waals surface area contributed by atoms with Gasteiger partial charge in [0.2, 0.25) is 5.88 Å². The molecule has 2 fully saturated rings. The van der Waals surface area contributed by atoms with Gasteiger partial charge in [-0.25, -0.2) is 9.98 Å². The van der Waals surface area contributed by atoms with Crippen molar-refractivity contribution in [2.45, 2.75) is 70.6 Å². The number of hydrogen-bond acceptors (Lipinski definition) is 5. The molecule has 0 bridgehead atoms. The smallest absolute Gasteiger partial charge is 0.218 e. The molecule has 2 N–H and O–H groups in total. The van der Waals surface area contributed by atoms with E-state index in [1.807, 2.05) is 12.1 Å². The Morgan fingerprint density at radius 1 is 1.23 bits per heavy atom. The van der Waals surface area contributed by atoms with Crippen LogP contribution in [0.25, 0.3) is 0 Å². The van der Waals surface area contributed by atoms with Crippen LogP contribution >= 0.6 is 24.0 Å². The highest BCUT2D eigenvalue weighted by atomic mass is 127. The SMILES string of the molecule is CCNC(=NCc1cccnc1OC1CCCC1)NCCCOCC1CCCO1.I. The highest BCUT2D eigenvalue weighted by molar-refractivity contribution is 14.0. The molecule has 2 heterocycles. The lowest BCUT2D eigenvalue weighted by Gasteiger charge is -2.15. The molecule has 1 saturated heterocycles. The monoisotopic (exact) mass is 532 g/mol. The van der Waals surface area contributed by atoms with Crippen LogP contribution in [0.15, 0.2) is 23.3 Å². The Kier molecular flexibility index (Phi) is 12.4. The van der Waals surface area contributed by atoms with E-state index in [1.165, 1.54) is 12.8 Å². The van der Waals surface area contributed by atoms with Crippen LogP contribution in [0, 0.1) is 0 Å². The standard InChI is InChI=1S/C22H36N4O3.HI/c1-2-23-22(25-13-7-14-27-17-20-11-6-15-28-20)26-16-18-8-5-12-24-21(18)29-19-9-3-4-10-19;/h5,8,12,19-20H,2-4,6-7,9-11,13-17H2,1H3,(H2,23,25,26);1H. The molecule has 7 nitrogen and oxygen atoms in total. The average molecular weight is 532 g/mol. The average Bonchev–Trinajstić information content (AvgIpc) is 3.44. The van der Waals surface area contributed by atoms with Crippen molar-refractivity contribution in [3.8, 4) is 5.88 Å². The van der Waals surface area contributed by atoms with Crippen molar-refractivity contribution in [2.75, 3.05) is 32.9 Å². The number of nitrogens with zero attached hydrogens (tertiary/aromatic N) is 2. The number of hydrogen-bond donors (Lipinski definition) is 2. The van der Waals surface area contributed by atoms with Gasteiger partial charge in [-0.15, -0.1) is 24.0 Å². The number of aliphatic imine (C=N–C) groups is 1. The third-order valence-electron chi connectivity index (χ3n) is 5.27. The first kappa shape index (κ1) is 25.1. The molecule has 1 aromatic heterocycles. The van der Waals surface area contributed by atoms with Crippen molar-refractivity contribution in [1.82, 2.24) is 15.6 Å². The Bertz CT molecular complexity index is 620. The summed E-state index contributed by atoms with van der Waals surface area (Å²) in [6.45, 7) is 6.56. The van der Waals surface area contributed by atoms with Crippen molar-refractivity contribution in [3.63, 3.8) is 0 Å². The molecule has 3 rings (SSSR count). The second-order valence-corrected chi connectivity index (χ2v) is 7.68. The molecule has 8 heteroatoms. The number of aromatic nitrogens is 1. The van der Waals surface area contributed by atoms with Gasteiger partial charge in [-0.05, 0) is 57.9 Å². The quantitative estimate of drug-likeness (QED) is 0.196. The molecule has 30 heavy (non-hydrogen) atoms. The van der Waals surface area contributed by atoms with Crippen LogP contribution < -0.4 is 15.4 Å². The molecule has 0 aromatic carbocycles. The van der Waals surface area contributed by atoms with Crippen molar-refractivity contribution in [1.29, 1.82) is 0 Å². The van der Waals surface area contributed by atoms with E-state index < -0.39 is 0 Å². The van der Waals surface area contributed by atoms with E-state index in [0.717, 1.165) is 75.8 Å². The van der Waals surface area contributed by atoms with Crippen molar-refractivity contribution in [2.24, 2.45) is 4.99 Å². The fraction of sp³-hybridized carbons (Fsp3) is 0.727. The number of nitrogens with one attached hydrogen (secondary N) is 2. The van der Waals surface area contributed by atoms with Crippen LogP contribution in [0.2, 0.25) is 0 Å². The minimum Gasteiger partial charge on any atom is -0.474 e. The van der Waals surface area contributed by atoms with Gasteiger partial charge in [0.05, 0.1) is 19.3 Å². The topological polar surface area (TPSA) is 77.0 Å². The van der Waals surface area contributed by atoms with Gasteiger partial charge in [-0.1, -0.05) is 6.07 Å². The zero-order valence-corrected chi connectivity index (χ0v) is 20.4. The molecule has 170 valence electrons. The third-order valence-corrected chi connectivity index (χ3v) is 5.27. The van der Waals surface area contributed by atoms with Crippen molar-refractivity contribution < 1.29 is 14.2 Å². The zero-order valence-electron chi connectivity index (χ0n) is 18.1. The maximum absolute atomic E-state index is 6.12. The number of rotatable bonds is 11. The summed E-state index contributed by atoms with van der Waals surface area (Å²) in [6.07, 6.45) is 10.3. The van der Waals surface area contributed by atoms with Crippen molar-refractivity contribution in [3.05, 3.63) is 23.9 Å². The molecule has 0 radical (unpaired) electrons. The number of halogens is 1. The molecule has 1 aromatic rings. The van der Waals surface area contributed by atoms with Crippen LogP contribution in [0.1, 0.15) is 57.4 Å². The van der Waals surface area contributed by atoms with Gasteiger partial charge in [0.1, 0.15) is 6.10 Å². The summed E-state index contributed by atoms with van der Waals surface area (Å²) in [5, 5.41) is 6.68. The summed E-state index contributed by atoms with van der Waals surface area (Å²) in [7, 11) is 0. The predicted octanol–water partition coefficient (Wildman–Crippen LogP) is 3.66. The largest absolute Gasteiger partial charge is 0.474 e. The summed E-state index contributed by atoms with van der Waals surface area (Å²) in [4.78, 5) is 9.15. The van der Waals surface area contributed by atoms with Gasteiger partial charge >= 0.3 is 0 Å². The maximum atomic E-state index is 6.12. The summed E-state index contributed by atoms with van der Waals surface area (Å²) < 4.78 is 17.4. The van der Waals surface area contributed by atoms with Crippen LogP contribution in [0.5, 0.6) is 5.88 Å². The van der Waals surface area contributed by atoms with E-state index >= 15 is 0 Å². The summed E-state index contributed by atoms with van der Waals surface area (Å²) in [5.74, 6) is 1.53.